The molecule has 0 aliphatic carbocycles. The van der Waals surface area contributed by atoms with Crippen LogP contribution in [0.15, 0.2) is 54.7 Å². The maximum atomic E-state index is 12.8. The number of rotatable bonds is 7. The Bertz CT molecular complexity index is 752. The number of hydrogen-bond acceptors (Lipinski definition) is 4. The number of aromatic nitrogens is 1. The van der Waals surface area contributed by atoms with Crippen molar-refractivity contribution in [3.63, 3.8) is 0 Å². The van der Waals surface area contributed by atoms with E-state index < -0.39 is 0 Å². The van der Waals surface area contributed by atoms with Crippen molar-refractivity contribution in [3.05, 3.63) is 65.9 Å². The summed E-state index contributed by atoms with van der Waals surface area (Å²) in [6.45, 7) is 7.21. The van der Waals surface area contributed by atoms with Crippen molar-refractivity contribution in [2.75, 3.05) is 44.6 Å². The smallest absolute Gasteiger partial charge is 0.254 e. The number of carbonyl (C=O) groups is 1. The van der Waals surface area contributed by atoms with Gasteiger partial charge in [-0.3, -0.25) is 9.69 Å². The van der Waals surface area contributed by atoms with Crippen molar-refractivity contribution >= 4 is 17.8 Å². The second-order valence-corrected chi connectivity index (χ2v) is 6.76. The standard InChI is InChI=1S/C22H28N4O/c1-2-11-23-21-18-20(10-12-24-21)22(27)26-16-14-25(15-17-26)13-6-9-19-7-4-3-5-8-19/h3-10,12,18H,2,11,13-17H2,1H3,(H,23,24)/b9-6+. The van der Waals surface area contributed by atoms with Crippen molar-refractivity contribution in [2.24, 2.45) is 0 Å². The fraction of sp³-hybridized carbons (Fsp3) is 0.364. The van der Waals surface area contributed by atoms with Gasteiger partial charge in [-0.2, -0.15) is 0 Å². The first-order valence-corrected chi connectivity index (χ1v) is 9.69. The van der Waals surface area contributed by atoms with Crippen LogP contribution in [0.3, 0.4) is 0 Å². The molecule has 5 nitrogen and oxygen atoms in total. The van der Waals surface area contributed by atoms with Crippen molar-refractivity contribution < 1.29 is 4.79 Å². The second kappa shape index (κ2) is 9.88. The summed E-state index contributed by atoms with van der Waals surface area (Å²) >= 11 is 0. The average Bonchev–Trinajstić information content (AvgIpc) is 2.73. The predicted molar refractivity (Wildman–Crippen MR) is 111 cm³/mol. The molecule has 1 aliphatic rings. The number of nitrogens with zero attached hydrogens (tertiary/aromatic N) is 3. The molecule has 1 saturated heterocycles. The first-order chi connectivity index (χ1) is 13.3. The molecule has 0 bridgehead atoms. The Morgan fingerprint density at radius 1 is 1.15 bits per heavy atom. The van der Waals surface area contributed by atoms with E-state index in [2.05, 4.69) is 46.4 Å². The molecule has 2 aromatic rings. The quantitative estimate of drug-likeness (QED) is 0.818. The normalized spacial score (nSPS) is 15.2. The lowest BCUT2D eigenvalue weighted by Crippen LogP contribution is -2.48. The lowest BCUT2D eigenvalue weighted by Gasteiger charge is -2.34. The highest BCUT2D eigenvalue weighted by atomic mass is 16.2. The molecule has 1 aliphatic heterocycles. The molecule has 0 radical (unpaired) electrons. The third kappa shape index (κ3) is 5.66. The molecule has 5 heteroatoms. The molecule has 0 saturated carbocycles. The monoisotopic (exact) mass is 364 g/mol. The highest BCUT2D eigenvalue weighted by Gasteiger charge is 2.21. The van der Waals surface area contributed by atoms with Crippen molar-refractivity contribution in [2.45, 2.75) is 13.3 Å². The Morgan fingerprint density at radius 3 is 2.67 bits per heavy atom. The van der Waals surface area contributed by atoms with Crippen LogP contribution in [0.1, 0.15) is 29.3 Å². The maximum absolute atomic E-state index is 12.8. The fourth-order valence-electron chi connectivity index (χ4n) is 3.13. The third-order valence-electron chi connectivity index (χ3n) is 4.70. The van der Waals surface area contributed by atoms with Gasteiger partial charge in [0.1, 0.15) is 5.82 Å². The van der Waals surface area contributed by atoms with Crippen LogP contribution < -0.4 is 5.32 Å². The topological polar surface area (TPSA) is 48.5 Å². The summed E-state index contributed by atoms with van der Waals surface area (Å²) in [5.74, 6) is 0.865. The zero-order valence-electron chi connectivity index (χ0n) is 16.0. The molecule has 27 heavy (non-hydrogen) atoms. The van der Waals surface area contributed by atoms with Gasteiger partial charge in [-0.1, -0.05) is 49.4 Å². The summed E-state index contributed by atoms with van der Waals surface area (Å²) in [5, 5.41) is 3.24. The minimum Gasteiger partial charge on any atom is -0.370 e. The molecule has 0 atom stereocenters. The van der Waals surface area contributed by atoms with Crippen LogP contribution in [-0.4, -0.2) is 60.0 Å². The van der Waals surface area contributed by atoms with E-state index in [9.17, 15) is 4.79 Å². The average molecular weight is 364 g/mol. The summed E-state index contributed by atoms with van der Waals surface area (Å²) in [4.78, 5) is 21.4. The number of anilines is 1. The Kier molecular flexibility index (Phi) is 6.99. The van der Waals surface area contributed by atoms with Crippen LogP contribution in [0.2, 0.25) is 0 Å². The predicted octanol–water partition coefficient (Wildman–Crippen LogP) is 3.37. The van der Waals surface area contributed by atoms with Gasteiger partial charge in [0.25, 0.3) is 5.91 Å². The first kappa shape index (κ1) is 19.1. The molecule has 142 valence electrons. The van der Waals surface area contributed by atoms with Crippen LogP contribution in [0, 0.1) is 0 Å². The lowest BCUT2D eigenvalue weighted by atomic mass is 10.2. The van der Waals surface area contributed by atoms with Gasteiger partial charge in [0.2, 0.25) is 0 Å². The van der Waals surface area contributed by atoms with E-state index in [4.69, 9.17) is 0 Å². The highest BCUT2D eigenvalue weighted by Crippen LogP contribution is 2.12. The zero-order chi connectivity index (χ0) is 18.9. The lowest BCUT2D eigenvalue weighted by molar-refractivity contribution is 0.0650. The largest absolute Gasteiger partial charge is 0.370 e. The maximum Gasteiger partial charge on any atom is 0.254 e. The molecule has 1 N–H and O–H groups in total. The Labute approximate surface area is 161 Å². The molecular weight excluding hydrogens is 336 g/mol. The number of amides is 1. The molecule has 2 heterocycles. The van der Waals surface area contributed by atoms with E-state index in [1.165, 1.54) is 5.56 Å². The van der Waals surface area contributed by atoms with Crippen LogP contribution in [0.25, 0.3) is 6.08 Å². The minimum absolute atomic E-state index is 0.0939. The van der Waals surface area contributed by atoms with Gasteiger partial charge in [-0.15, -0.1) is 0 Å². The number of nitrogens with one attached hydrogen (secondary N) is 1. The van der Waals surface area contributed by atoms with Gasteiger partial charge in [-0.05, 0) is 24.1 Å². The van der Waals surface area contributed by atoms with E-state index in [0.29, 0.717) is 5.56 Å². The summed E-state index contributed by atoms with van der Waals surface area (Å²) < 4.78 is 0. The number of pyridine rings is 1. The minimum atomic E-state index is 0.0939. The SMILES string of the molecule is CCCNc1cc(C(=O)N2CCN(C/C=C/c3ccccc3)CC2)ccn1. The number of carbonyl (C=O) groups excluding carboxylic acids is 1. The van der Waals surface area contributed by atoms with E-state index in [1.54, 1.807) is 12.3 Å². The Balaban J connectivity index is 1.48. The van der Waals surface area contributed by atoms with Crippen LogP contribution in [0.4, 0.5) is 5.82 Å². The summed E-state index contributed by atoms with van der Waals surface area (Å²) in [6.07, 6.45) is 7.08. The van der Waals surface area contributed by atoms with Gasteiger partial charge in [0.15, 0.2) is 0 Å². The van der Waals surface area contributed by atoms with E-state index in [-0.39, 0.29) is 5.91 Å². The van der Waals surface area contributed by atoms with Crippen LogP contribution in [-0.2, 0) is 0 Å². The molecule has 1 aromatic carbocycles. The highest BCUT2D eigenvalue weighted by molar-refractivity contribution is 5.94. The first-order valence-electron chi connectivity index (χ1n) is 9.69. The molecule has 3 rings (SSSR count). The molecule has 1 fully saturated rings. The fourth-order valence-corrected chi connectivity index (χ4v) is 3.13. The van der Waals surface area contributed by atoms with E-state index in [1.807, 2.05) is 29.2 Å². The van der Waals surface area contributed by atoms with Gasteiger partial charge < -0.3 is 10.2 Å². The van der Waals surface area contributed by atoms with Gasteiger partial charge >= 0.3 is 0 Å². The Hall–Kier alpha value is -2.66. The summed E-state index contributed by atoms with van der Waals surface area (Å²) in [5.41, 5.74) is 1.93. The summed E-state index contributed by atoms with van der Waals surface area (Å²) in [7, 11) is 0. The van der Waals surface area contributed by atoms with Crippen LogP contribution >= 0.6 is 0 Å². The van der Waals surface area contributed by atoms with E-state index in [0.717, 1.165) is 51.5 Å². The van der Waals surface area contributed by atoms with Crippen molar-refractivity contribution in [3.8, 4) is 0 Å². The van der Waals surface area contributed by atoms with E-state index >= 15 is 0 Å². The van der Waals surface area contributed by atoms with Crippen molar-refractivity contribution in [1.82, 2.24) is 14.8 Å². The third-order valence-corrected chi connectivity index (χ3v) is 4.70. The van der Waals surface area contributed by atoms with Crippen molar-refractivity contribution in [1.29, 1.82) is 0 Å². The van der Waals surface area contributed by atoms with Gasteiger partial charge in [0.05, 0.1) is 0 Å². The number of benzene rings is 1. The molecular formula is C22H28N4O. The zero-order valence-corrected chi connectivity index (χ0v) is 16.0. The van der Waals surface area contributed by atoms with Crippen LogP contribution in [0.5, 0.6) is 0 Å². The molecule has 1 amide bonds. The molecule has 1 aromatic heterocycles. The Morgan fingerprint density at radius 2 is 1.93 bits per heavy atom. The molecule has 0 spiro atoms. The molecule has 0 unspecified atom stereocenters. The second-order valence-electron chi connectivity index (χ2n) is 6.76. The number of piperazine rings is 1. The van der Waals surface area contributed by atoms with Gasteiger partial charge in [0, 0.05) is 51.0 Å². The van der Waals surface area contributed by atoms with Gasteiger partial charge in [-0.25, -0.2) is 4.98 Å². The summed E-state index contributed by atoms with van der Waals surface area (Å²) in [6, 6.07) is 14.0. The number of hydrogen-bond donors (Lipinski definition) is 1.